The lowest BCUT2D eigenvalue weighted by Crippen LogP contribution is -2.31. The molecule has 0 radical (unpaired) electrons. The van der Waals surface area contributed by atoms with E-state index in [1.54, 1.807) is 30.5 Å². The summed E-state index contributed by atoms with van der Waals surface area (Å²) in [5, 5.41) is 14.0. The number of hydrogen-bond donors (Lipinski definition) is 1. The molecule has 8 nitrogen and oxygen atoms in total. The van der Waals surface area contributed by atoms with E-state index in [4.69, 9.17) is 0 Å². The van der Waals surface area contributed by atoms with Gasteiger partial charge in [0.15, 0.2) is 0 Å². The lowest BCUT2D eigenvalue weighted by molar-refractivity contribution is -0.385. The number of nitro groups is 1. The number of pyridine rings is 1. The highest BCUT2D eigenvalue weighted by Crippen LogP contribution is 2.22. The molecular formula is C24H24FN5O3. The largest absolute Gasteiger partial charge is 0.355 e. The Kier molecular flexibility index (Phi) is 6.89. The van der Waals surface area contributed by atoms with Crippen LogP contribution >= 0.6 is 0 Å². The second-order valence-electron chi connectivity index (χ2n) is 7.87. The maximum Gasteiger partial charge on any atom is 0.273 e. The molecule has 0 saturated carbocycles. The zero-order chi connectivity index (χ0) is 23.2. The number of aromatic nitrogens is 1. The number of carbonyl (C=O) groups excluding carboxylic acids is 1. The molecule has 4 rings (SSSR count). The van der Waals surface area contributed by atoms with Gasteiger partial charge in [0.05, 0.1) is 16.8 Å². The molecule has 33 heavy (non-hydrogen) atoms. The molecule has 0 spiro atoms. The quantitative estimate of drug-likeness (QED) is 0.450. The fourth-order valence-corrected chi connectivity index (χ4v) is 3.87. The van der Waals surface area contributed by atoms with E-state index in [2.05, 4.69) is 20.1 Å². The first-order valence-electron chi connectivity index (χ1n) is 10.7. The third-order valence-electron chi connectivity index (χ3n) is 5.61. The van der Waals surface area contributed by atoms with Gasteiger partial charge in [0.1, 0.15) is 11.6 Å². The lowest BCUT2D eigenvalue weighted by Gasteiger charge is -2.23. The van der Waals surface area contributed by atoms with Crippen molar-refractivity contribution in [2.45, 2.75) is 13.0 Å². The van der Waals surface area contributed by atoms with E-state index in [1.807, 2.05) is 12.1 Å². The molecule has 170 valence electrons. The Labute approximate surface area is 190 Å². The normalized spacial score (nSPS) is 14.5. The van der Waals surface area contributed by atoms with Crippen LogP contribution in [0.5, 0.6) is 0 Å². The van der Waals surface area contributed by atoms with Crippen molar-refractivity contribution in [3.63, 3.8) is 0 Å². The third-order valence-corrected chi connectivity index (χ3v) is 5.61. The van der Waals surface area contributed by atoms with Crippen molar-refractivity contribution in [1.82, 2.24) is 9.88 Å². The van der Waals surface area contributed by atoms with Crippen LogP contribution in [0.25, 0.3) is 0 Å². The monoisotopic (exact) mass is 449 g/mol. The molecule has 1 saturated heterocycles. The Balaban J connectivity index is 1.35. The molecule has 9 heteroatoms. The van der Waals surface area contributed by atoms with Crippen molar-refractivity contribution >= 4 is 23.1 Å². The van der Waals surface area contributed by atoms with Crippen molar-refractivity contribution in [3.05, 3.63) is 93.9 Å². The molecule has 2 heterocycles. The molecule has 0 aliphatic carbocycles. The van der Waals surface area contributed by atoms with Gasteiger partial charge in [-0.1, -0.05) is 18.2 Å². The number of benzene rings is 2. The molecule has 1 fully saturated rings. The van der Waals surface area contributed by atoms with Gasteiger partial charge in [-0.05, 0) is 42.8 Å². The van der Waals surface area contributed by atoms with Crippen molar-refractivity contribution < 1.29 is 14.1 Å². The Hall–Kier alpha value is -3.85. The molecule has 2 aromatic carbocycles. The smallest absolute Gasteiger partial charge is 0.273 e. The fraction of sp³-hybridized carbons (Fsp3) is 0.250. The molecule has 1 amide bonds. The minimum absolute atomic E-state index is 0.151. The van der Waals surface area contributed by atoms with Crippen LogP contribution in [0.4, 0.5) is 21.6 Å². The summed E-state index contributed by atoms with van der Waals surface area (Å²) in [4.78, 5) is 32.1. The average molecular weight is 449 g/mol. The number of rotatable bonds is 6. The summed E-state index contributed by atoms with van der Waals surface area (Å²) in [6, 6.07) is 15.9. The first kappa shape index (κ1) is 22.3. The molecule has 1 aliphatic rings. The van der Waals surface area contributed by atoms with Crippen LogP contribution in [0.3, 0.4) is 0 Å². The predicted octanol–water partition coefficient (Wildman–Crippen LogP) is 4.09. The number of nitrogens with zero attached hydrogens (tertiary/aromatic N) is 4. The predicted molar refractivity (Wildman–Crippen MR) is 124 cm³/mol. The first-order chi connectivity index (χ1) is 16.0. The fourth-order valence-electron chi connectivity index (χ4n) is 3.87. The van der Waals surface area contributed by atoms with E-state index in [1.165, 1.54) is 24.3 Å². The summed E-state index contributed by atoms with van der Waals surface area (Å²) >= 11 is 0. The van der Waals surface area contributed by atoms with E-state index >= 15 is 0 Å². The van der Waals surface area contributed by atoms with Crippen LogP contribution in [-0.2, 0) is 6.54 Å². The number of halogens is 1. The maximum absolute atomic E-state index is 13.0. The number of nitrogens with one attached hydrogen (secondary N) is 1. The van der Waals surface area contributed by atoms with Gasteiger partial charge in [0.25, 0.3) is 11.6 Å². The molecule has 0 atom stereocenters. The number of carbonyl (C=O) groups is 1. The second kappa shape index (κ2) is 10.2. The molecule has 0 bridgehead atoms. The SMILES string of the molecule is O=C(Nc1ccc(N2CCCN(Cc3ccccc3[N+](=O)[O-])CC2)nc1)c1ccc(F)cc1. The van der Waals surface area contributed by atoms with Crippen LogP contribution in [-0.4, -0.2) is 46.9 Å². The maximum atomic E-state index is 13.0. The summed E-state index contributed by atoms with van der Waals surface area (Å²) < 4.78 is 13.0. The van der Waals surface area contributed by atoms with Gasteiger partial charge in [-0.15, -0.1) is 0 Å². The van der Waals surface area contributed by atoms with Crippen molar-refractivity contribution in [2.75, 3.05) is 36.4 Å². The van der Waals surface area contributed by atoms with Crippen LogP contribution in [0.2, 0.25) is 0 Å². The highest BCUT2D eigenvalue weighted by Gasteiger charge is 2.20. The zero-order valence-corrected chi connectivity index (χ0v) is 18.0. The molecule has 0 unspecified atom stereocenters. The zero-order valence-electron chi connectivity index (χ0n) is 18.0. The summed E-state index contributed by atoms with van der Waals surface area (Å²) in [6.07, 6.45) is 2.51. The number of anilines is 2. The van der Waals surface area contributed by atoms with Gasteiger partial charge in [-0.25, -0.2) is 9.37 Å². The Morgan fingerprint density at radius 2 is 1.82 bits per heavy atom. The van der Waals surface area contributed by atoms with Crippen LogP contribution in [0.15, 0.2) is 66.9 Å². The topological polar surface area (TPSA) is 91.6 Å². The van der Waals surface area contributed by atoms with Gasteiger partial charge in [-0.3, -0.25) is 19.8 Å². The third kappa shape index (κ3) is 5.69. The van der Waals surface area contributed by atoms with Crippen molar-refractivity contribution in [3.8, 4) is 0 Å². The molecule has 1 aromatic heterocycles. The standard InChI is InChI=1S/C24H24FN5O3/c25-20-8-6-18(7-9-20)24(31)27-21-10-11-23(26-16-21)29-13-3-12-28(14-15-29)17-19-4-1-2-5-22(19)30(32)33/h1-2,4-11,16H,3,12-15,17H2,(H,27,31). The van der Waals surface area contributed by atoms with Gasteiger partial charge in [-0.2, -0.15) is 0 Å². The van der Waals surface area contributed by atoms with Crippen LogP contribution < -0.4 is 10.2 Å². The highest BCUT2D eigenvalue weighted by molar-refractivity contribution is 6.04. The lowest BCUT2D eigenvalue weighted by atomic mass is 10.1. The Morgan fingerprint density at radius 1 is 1.03 bits per heavy atom. The Bertz CT molecular complexity index is 1120. The van der Waals surface area contributed by atoms with Gasteiger partial charge >= 0.3 is 0 Å². The van der Waals surface area contributed by atoms with E-state index < -0.39 is 5.82 Å². The molecule has 1 N–H and O–H groups in total. The second-order valence-corrected chi connectivity index (χ2v) is 7.87. The molecule has 1 aliphatic heterocycles. The summed E-state index contributed by atoms with van der Waals surface area (Å²) in [7, 11) is 0. The van der Waals surface area contributed by atoms with Gasteiger partial charge < -0.3 is 10.2 Å². The average Bonchev–Trinajstić information content (AvgIpc) is 3.06. The van der Waals surface area contributed by atoms with Crippen LogP contribution in [0, 0.1) is 15.9 Å². The number of para-hydroxylation sites is 1. The summed E-state index contributed by atoms with van der Waals surface area (Å²) in [5.74, 6) is 0.0860. The number of nitro benzene ring substituents is 1. The van der Waals surface area contributed by atoms with Gasteiger partial charge in [0.2, 0.25) is 0 Å². The molecule has 3 aromatic rings. The van der Waals surface area contributed by atoms with Crippen molar-refractivity contribution in [2.24, 2.45) is 0 Å². The van der Waals surface area contributed by atoms with E-state index in [0.717, 1.165) is 44.0 Å². The minimum Gasteiger partial charge on any atom is -0.355 e. The van der Waals surface area contributed by atoms with Gasteiger partial charge in [0, 0.05) is 49.9 Å². The van der Waals surface area contributed by atoms with E-state index in [0.29, 0.717) is 17.8 Å². The first-order valence-corrected chi connectivity index (χ1v) is 10.7. The van der Waals surface area contributed by atoms with E-state index in [-0.39, 0.29) is 16.5 Å². The Morgan fingerprint density at radius 3 is 2.55 bits per heavy atom. The number of amides is 1. The molecular weight excluding hydrogens is 425 g/mol. The van der Waals surface area contributed by atoms with E-state index in [9.17, 15) is 19.3 Å². The summed E-state index contributed by atoms with van der Waals surface area (Å²) in [6.45, 7) is 3.70. The van der Waals surface area contributed by atoms with Crippen molar-refractivity contribution in [1.29, 1.82) is 0 Å². The highest BCUT2D eigenvalue weighted by atomic mass is 19.1. The minimum atomic E-state index is -0.393. The summed E-state index contributed by atoms with van der Waals surface area (Å²) in [5.41, 5.74) is 1.79. The number of hydrogen-bond acceptors (Lipinski definition) is 6. The van der Waals surface area contributed by atoms with Crippen LogP contribution in [0.1, 0.15) is 22.3 Å².